The summed E-state index contributed by atoms with van der Waals surface area (Å²) < 4.78 is 11.5. The molecule has 0 spiro atoms. The van der Waals surface area contributed by atoms with Crippen molar-refractivity contribution >= 4 is 16.7 Å². The number of anilines is 1. The van der Waals surface area contributed by atoms with Crippen molar-refractivity contribution in [2.24, 2.45) is 0 Å². The lowest BCUT2D eigenvalue weighted by Crippen LogP contribution is -2.44. The highest BCUT2D eigenvalue weighted by Crippen LogP contribution is 2.29. The van der Waals surface area contributed by atoms with E-state index in [4.69, 9.17) is 14.5 Å². The maximum absolute atomic E-state index is 6.04. The van der Waals surface area contributed by atoms with Gasteiger partial charge in [-0.3, -0.25) is 4.90 Å². The highest BCUT2D eigenvalue weighted by atomic mass is 16.5. The van der Waals surface area contributed by atoms with E-state index in [1.54, 1.807) is 0 Å². The molecule has 2 saturated heterocycles. The van der Waals surface area contributed by atoms with Gasteiger partial charge in [-0.15, -0.1) is 0 Å². The largest absolute Gasteiger partial charge is 0.492 e. The molecule has 3 aromatic rings. The molecule has 170 valence electrons. The Balaban J connectivity index is 1.30. The first-order valence-corrected chi connectivity index (χ1v) is 11.6. The second-order valence-corrected chi connectivity index (χ2v) is 8.86. The van der Waals surface area contributed by atoms with Gasteiger partial charge >= 0.3 is 0 Å². The highest BCUT2D eigenvalue weighted by molar-refractivity contribution is 5.86. The molecule has 0 aliphatic carbocycles. The molecule has 7 nitrogen and oxygen atoms in total. The van der Waals surface area contributed by atoms with Gasteiger partial charge in [-0.05, 0) is 43.8 Å². The van der Waals surface area contributed by atoms with Crippen molar-refractivity contribution < 1.29 is 9.47 Å². The number of likely N-dealkylation sites (N-methyl/N-ethyl adjacent to an activating group) is 1. The molecule has 0 saturated carbocycles. The molecule has 0 amide bonds. The molecule has 2 fully saturated rings. The zero-order valence-electron chi connectivity index (χ0n) is 19.1. The maximum Gasteiger partial charge on any atom is 0.138 e. The summed E-state index contributed by atoms with van der Waals surface area (Å²) >= 11 is 0. The summed E-state index contributed by atoms with van der Waals surface area (Å²) in [5.41, 5.74) is 5.66. The fraction of sp³-hybridized carbons (Fsp3) is 0.480. The Morgan fingerprint density at radius 3 is 2.66 bits per heavy atom. The van der Waals surface area contributed by atoms with Gasteiger partial charge in [0.15, 0.2) is 0 Å². The van der Waals surface area contributed by atoms with Crippen LogP contribution >= 0.6 is 0 Å². The number of morpholine rings is 1. The quantitative estimate of drug-likeness (QED) is 0.642. The Kier molecular flexibility index (Phi) is 6.30. The number of hydrogen-bond acceptors (Lipinski definition) is 6. The summed E-state index contributed by atoms with van der Waals surface area (Å²) in [5.74, 6) is 1.77. The minimum atomic E-state index is 0.678. The number of rotatable bonds is 6. The van der Waals surface area contributed by atoms with Crippen LogP contribution in [-0.4, -0.2) is 92.4 Å². The van der Waals surface area contributed by atoms with Crippen LogP contribution in [-0.2, 0) is 4.74 Å². The summed E-state index contributed by atoms with van der Waals surface area (Å²) in [6.45, 7) is 11.7. The Hall–Kier alpha value is -2.61. The first-order valence-electron chi connectivity index (χ1n) is 11.6. The number of nitrogens with one attached hydrogen (secondary N) is 1. The fourth-order valence-electron chi connectivity index (χ4n) is 4.51. The van der Waals surface area contributed by atoms with E-state index in [1.807, 2.05) is 12.1 Å². The maximum atomic E-state index is 6.04. The molecule has 7 heteroatoms. The van der Waals surface area contributed by atoms with Crippen LogP contribution in [0.15, 0.2) is 36.4 Å². The second-order valence-electron chi connectivity index (χ2n) is 8.86. The Morgan fingerprint density at radius 2 is 1.84 bits per heavy atom. The number of imidazole rings is 1. The highest BCUT2D eigenvalue weighted by Gasteiger charge is 2.17. The summed E-state index contributed by atoms with van der Waals surface area (Å²) in [6, 6.07) is 12.7. The number of benzene rings is 2. The van der Waals surface area contributed by atoms with Crippen molar-refractivity contribution in [2.75, 3.05) is 77.6 Å². The van der Waals surface area contributed by atoms with Gasteiger partial charge in [0.25, 0.3) is 0 Å². The van der Waals surface area contributed by atoms with Crippen molar-refractivity contribution in [1.29, 1.82) is 0 Å². The average molecular weight is 436 g/mol. The van der Waals surface area contributed by atoms with Gasteiger partial charge in [-0.25, -0.2) is 4.98 Å². The molecule has 0 radical (unpaired) electrons. The minimum absolute atomic E-state index is 0.678. The third kappa shape index (κ3) is 4.75. The zero-order chi connectivity index (χ0) is 21.9. The lowest BCUT2D eigenvalue weighted by Gasteiger charge is -2.34. The van der Waals surface area contributed by atoms with Gasteiger partial charge < -0.3 is 24.3 Å². The van der Waals surface area contributed by atoms with Gasteiger partial charge in [0.1, 0.15) is 18.2 Å². The first-order chi connectivity index (χ1) is 15.7. The number of fused-ring (bicyclic) bond motifs is 1. The molecule has 0 atom stereocenters. The van der Waals surface area contributed by atoms with E-state index in [9.17, 15) is 0 Å². The van der Waals surface area contributed by atoms with Crippen LogP contribution in [0, 0.1) is 6.92 Å². The predicted octanol–water partition coefficient (Wildman–Crippen LogP) is 3.00. The molecule has 1 aromatic heterocycles. The molecule has 2 aliphatic rings. The molecule has 32 heavy (non-hydrogen) atoms. The molecule has 2 aromatic carbocycles. The average Bonchev–Trinajstić information content (AvgIpc) is 3.26. The van der Waals surface area contributed by atoms with E-state index < -0.39 is 0 Å². The topological polar surface area (TPSA) is 56.9 Å². The lowest BCUT2D eigenvalue weighted by molar-refractivity contribution is 0.0322. The third-order valence-electron chi connectivity index (χ3n) is 6.52. The Bertz CT molecular complexity index is 1050. The van der Waals surface area contributed by atoms with Gasteiger partial charge in [-0.2, -0.15) is 0 Å². The van der Waals surface area contributed by atoms with E-state index in [0.29, 0.717) is 6.61 Å². The number of nitrogens with zero attached hydrogens (tertiary/aromatic N) is 4. The molecule has 0 bridgehead atoms. The van der Waals surface area contributed by atoms with E-state index in [2.05, 4.69) is 57.9 Å². The SMILES string of the molecule is Cc1cc(N2CCN(C)CC2)cc2[nH]c(-c3cccc(OCCN4CCOCC4)c3)nc12. The fourth-order valence-corrected chi connectivity index (χ4v) is 4.51. The van der Waals surface area contributed by atoms with Crippen LogP contribution in [0.2, 0.25) is 0 Å². The molecular formula is C25H33N5O2. The summed E-state index contributed by atoms with van der Waals surface area (Å²) in [4.78, 5) is 15.7. The third-order valence-corrected chi connectivity index (χ3v) is 6.52. The number of ether oxygens (including phenoxy) is 2. The summed E-state index contributed by atoms with van der Waals surface area (Å²) in [6.07, 6.45) is 0. The van der Waals surface area contributed by atoms with E-state index >= 15 is 0 Å². The summed E-state index contributed by atoms with van der Waals surface area (Å²) in [7, 11) is 2.19. The monoisotopic (exact) mass is 435 g/mol. The number of aryl methyl sites for hydroxylation is 1. The van der Waals surface area contributed by atoms with Crippen molar-refractivity contribution in [3.05, 3.63) is 42.0 Å². The predicted molar refractivity (Wildman–Crippen MR) is 129 cm³/mol. The normalized spacial score (nSPS) is 18.4. The van der Waals surface area contributed by atoms with Crippen molar-refractivity contribution in [3.63, 3.8) is 0 Å². The van der Waals surface area contributed by atoms with Gasteiger partial charge in [0.2, 0.25) is 0 Å². The molecule has 3 heterocycles. The number of H-pyrrole nitrogens is 1. The number of piperazine rings is 1. The van der Waals surface area contributed by atoms with E-state index in [0.717, 1.165) is 87.2 Å². The number of hydrogen-bond donors (Lipinski definition) is 1. The lowest BCUT2D eigenvalue weighted by atomic mass is 10.1. The summed E-state index contributed by atoms with van der Waals surface area (Å²) in [5, 5.41) is 0. The van der Waals surface area contributed by atoms with Crippen molar-refractivity contribution in [3.8, 4) is 17.1 Å². The van der Waals surface area contributed by atoms with Crippen LogP contribution in [0.3, 0.4) is 0 Å². The number of aromatic amines is 1. The van der Waals surface area contributed by atoms with Crippen molar-refractivity contribution in [2.45, 2.75) is 6.92 Å². The van der Waals surface area contributed by atoms with Crippen LogP contribution in [0.1, 0.15) is 5.56 Å². The minimum Gasteiger partial charge on any atom is -0.492 e. The molecule has 0 unspecified atom stereocenters. The standard InChI is InChI=1S/C25H33N5O2/c1-19-16-21(30-8-6-28(2)7-9-30)18-23-24(19)27-25(26-23)20-4-3-5-22(17-20)32-15-12-29-10-13-31-14-11-29/h3-5,16-18H,6-15H2,1-2H3,(H,26,27). The number of aromatic nitrogens is 2. The molecule has 2 aliphatic heterocycles. The first kappa shape index (κ1) is 21.2. The van der Waals surface area contributed by atoms with Crippen LogP contribution in [0.4, 0.5) is 5.69 Å². The smallest absolute Gasteiger partial charge is 0.138 e. The van der Waals surface area contributed by atoms with Crippen LogP contribution in [0.5, 0.6) is 5.75 Å². The van der Waals surface area contributed by atoms with Crippen molar-refractivity contribution in [1.82, 2.24) is 19.8 Å². The van der Waals surface area contributed by atoms with E-state index in [1.165, 1.54) is 11.3 Å². The Morgan fingerprint density at radius 1 is 1.03 bits per heavy atom. The molecular weight excluding hydrogens is 402 g/mol. The van der Waals surface area contributed by atoms with Gasteiger partial charge in [0, 0.05) is 57.1 Å². The second kappa shape index (κ2) is 9.48. The van der Waals surface area contributed by atoms with Gasteiger partial charge in [-0.1, -0.05) is 12.1 Å². The zero-order valence-corrected chi connectivity index (χ0v) is 19.1. The van der Waals surface area contributed by atoms with Crippen LogP contribution in [0.25, 0.3) is 22.4 Å². The molecule has 5 rings (SSSR count). The molecule has 1 N–H and O–H groups in total. The van der Waals surface area contributed by atoms with Gasteiger partial charge in [0.05, 0.1) is 24.2 Å². The van der Waals surface area contributed by atoms with Crippen LogP contribution < -0.4 is 9.64 Å². The van der Waals surface area contributed by atoms with E-state index in [-0.39, 0.29) is 0 Å². The Labute approximate surface area is 189 Å².